The molecule has 6 heterocycles. The van der Waals surface area contributed by atoms with Crippen molar-refractivity contribution in [1.82, 2.24) is 57.6 Å². The van der Waals surface area contributed by atoms with Crippen LogP contribution in [-0.4, -0.2) is 196 Å². The molecule has 6 amide bonds. The largest absolute Gasteiger partial charge is 0.459 e. The van der Waals surface area contributed by atoms with E-state index in [0.717, 1.165) is 82.0 Å². The number of hydrogen-bond acceptors (Lipinski definition) is 18. The maximum atomic E-state index is 14.5. The Kier molecular flexibility index (Phi) is 24.0. The molecule has 12 rings (SSSR count). The molecule has 4 aliphatic heterocycles. The van der Waals surface area contributed by atoms with Crippen molar-refractivity contribution in [2.24, 2.45) is 22.7 Å². The van der Waals surface area contributed by atoms with Crippen LogP contribution in [0.4, 0.5) is 9.59 Å². The first-order valence-corrected chi connectivity index (χ1v) is 39.2. The number of imidazole rings is 2. The topological polar surface area (TPSA) is 349 Å². The molecule has 2 saturated heterocycles. The summed E-state index contributed by atoms with van der Waals surface area (Å²) >= 11 is 6.05. The van der Waals surface area contributed by atoms with Crippen molar-refractivity contribution in [3.8, 4) is 6.01 Å². The Bertz CT molecular complexity index is 4140. The maximum absolute atomic E-state index is 14.5. The number of fused-ring (bicyclic) bond motifs is 6. The highest BCUT2D eigenvalue weighted by molar-refractivity contribution is 7.88. The summed E-state index contributed by atoms with van der Waals surface area (Å²) in [7, 11) is -2.94. The molecular formula is C72H101ClN12O16S2. The van der Waals surface area contributed by atoms with E-state index in [1.54, 1.807) is 41.5 Å². The van der Waals surface area contributed by atoms with Crippen molar-refractivity contribution >= 4 is 101 Å². The van der Waals surface area contributed by atoms with Crippen LogP contribution in [-0.2, 0) is 58.7 Å². The number of aromatic nitrogens is 4. The minimum absolute atomic E-state index is 0.00205. The standard InChI is InChI=1S/C36H50N6O8S.C26H42N4O8S.C10H9ClN2/c1-35(2,3)50-34(46)38-27-15-10-8-6-7-9-13-23-20-36(23,32(45)39-51(47,48)40(4)5)21-30(43)29-19-25(22-41(29)31(27)44)49-33-37-26-14-11-12-16-28(26)42(33)24-17-18-24;1-25(2,3)38-24(35)27-19-12-10-8-6-7-9-11-17-14-26(17,23(34)28-39(36,37)29(4)5)15-21(32)20-13-18(31)16-30(20)22(19)33;11-10-12-8-3-1-2-4-9(8)13(10)7-5-6-7/h9,11-14,16,23-25,27,29H,6-8,10,15,17-22H2,1-5H3,(H,38,46)(H,39,45);9,11,17-20,31H,6-8,10,12-16H2,1-5H3,(H,27,35)(H,28,34);1-4,7H,5-6H2/b13-9-;11-9-;/t23-,25-,27+,29+,36-;17-,18-,19+,20+,26-;/m11./s1. The number of carbonyl (C=O) groups is 8. The number of amides is 6. The first-order chi connectivity index (χ1) is 48.5. The van der Waals surface area contributed by atoms with Crippen LogP contribution >= 0.6 is 11.6 Å². The third-order valence-corrected chi connectivity index (χ3v) is 23.1. The van der Waals surface area contributed by atoms with E-state index in [9.17, 15) is 60.3 Å². The van der Waals surface area contributed by atoms with Crippen molar-refractivity contribution in [2.45, 2.75) is 230 Å². The normalized spacial score (nSPS) is 28.0. The second-order valence-corrected chi connectivity index (χ2v) is 35.1. The highest BCUT2D eigenvalue weighted by atomic mass is 35.5. The smallest absolute Gasteiger partial charge is 0.408 e. The molecule has 8 aliphatic rings. The van der Waals surface area contributed by atoms with Gasteiger partial charge in [0.1, 0.15) is 29.4 Å². The molecule has 6 fully saturated rings. The fourth-order valence-corrected chi connectivity index (χ4v) is 15.6. The lowest BCUT2D eigenvalue weighted by Gasteiger charge is -2.30. The zero-order chi connectivity index (χ0) is 74.7. The van der Waals surface area contributed by atoms with Crippen LogP contribution in [0, 0.1) is 22.7 Å². The van der Waals surface area contributed by atoms with Gasteiger partial charge in [-0.3, -0.25) is 33.3 Å². The van der Waals surface area contributed by atoms with Gasteiger partial charge in [0.05, 0.1) is 57.6 Å². The van der Waals surface area contributed by atoms with Crippen LogP contribution in [0.15, 0.2) is 72.8 Å². The van der Waals surface area contributed by atoms with Crippen LogP contribution in [0.3, 0.4) is 0 Å². The van der Waals surface area contributed by atoms with E-state index in [-0.39, 0.29) is 62.4 Å². The number of para-hydroxylation sites is 4. The van der Waals surface area contributed by atoms with Crippen LogP contribution in [0.25, 0.3) is 22.1 Å². The summed E-state index contributed by atoms with van der Waals surface area (Å²) < 4.78 is 77.7. The molecule has 4 aliphatic carbocycles. The molecule has 10 atom stereocenters. The first-order valence-electron chi connectivity index (χ1n) is 35.9. The molecule has 0 unspecified atom stereocenters. The molecule has 5 N–H and O–H groups in total. The van der Waals surface area contributed by atoms with Gasteiger partial charge in [-0.05, 0) is 166 Å². The third kappa shape index (κ3) is 19.3. The predicted molar refractivity (Wildman–Crippen MR) is 384 cm³/mol. The van der Waals surface area contributed by atoms with E-state index in [0.29, 0.717) is 55.9 Å². The Morgan fingerprint density at radius 2 is 1.01 bits per heavy atom. The van der Waals surface area contributed by atoms with Gasteiger partial charge in [-0.1, -0.05) is 74.3 Å². The number of carbonyl (C=O) groups excluding carboxylic acids is 8. The van der Waals surface area contributed by atoms with Crippen molar-refractivity contribution in [2.75, 3.05) is 41.3 Å². The summed E-state index contributed by atoms with van der Waals surface area (Å²) in [5, 5.41) is 16.5. The molecule has 28 nitrogen and oxygen atoms in total. The number of aliphatic hydroxyl groups is 1. The minimum atomic E-state index is -4.11. The van der Waals surface area contributed by atoms with Crippen molar-refractivity contribution in [3.63, 3.8) is 0 Å². The van der Waals surface area contributed by atoms with Gasteiger partial charge in [0.2, 0.25) is 28.9 Å². The van der Waals surface area contributed by atoms with E-state index >= 15 is 0 Å². The molecule has 4 saturated carbocycles. The Balaban J connectivity index is 0.000000192. The van der Waals surface area contributed by atoms with Crippen molar-refractivity contribution in [3.05, 3.63) is 78.1 Å². The number of hydrogen-bond donors (Lipinski definition) is 5. The highest BCUT2D eigenvalue weighted by Crippen LogP contribution is 2.58. The fraction of sp³-hybridized carbons (Fsp3) is 0.639. The molecule has 0 spiro atoms. The molecule has 2 aromatic carbocycles. The van der Waals surface area contributed by atoms with Gasteiger partial charge in [-0.25, -0.2) is 24.0 Å². The van der Waals surface area contributed by atoms with Gasteiger partial charge < -0.3 is 44.3 Å². The number of benzene rings is 2. The number of ether oxygens (including phenoxy) is 3. The van der Waals surface area contributed by atoms with Crippen LogP contribution in [0.5, 0.6) is 6.01 Å². The lowest BCUT2D eigenvalue weighted by atomic mass is 9.91. The quantitative estimate of drug-likeness (QED) is 0.0832. The number of nitrogens with one attached hydrogen (secondary N) is 4. The zero-order valence-electron chi connectivity index (χ0n) is 60.6. The van der Waals surface area contributed by atoms with E-state index in [1.165, 1.54) is 50.8 Å². The third-order valence-electron chi connectivity index (χ3n) is 20.1. The number of ketones is 2. The summed E-state index contributed by atoms with van der Waals surface area (Å²) in [6, 6.07) is 13.3. The lowest BCUT2D eigenvalue weighted by molar-refractivity contribution is -0.140. The average molecular weight is 1490 g/mol. The summed E-state index contributed by atoms with van der Waals surface area (Å²) in [5.74, 6) is -3.88. The van der Waals surface area contributed by atoms with Crippen LogP contribution < -0.4 is 24.8 Å². The Morgan fingerprint density at radius 3 is 1.47 bits per heavy atom. The molecular weight excluding hydrogens is 1390 g/mol. The highest BCUT2D eigenvalue weighted by Gasteiger charge is 2.63. The van der Waals surface area contributed by atoms with Gasteiger partial charge in [0.25, 0.3) is 6.01 Å². The number of alkyl carbamates (subject to hydrolysis) is 2. The molecule has 564 valence electrons. The fourth-order valence-electron chi connectivity index (χ4n) is 14.1. The maximum Gasteiger partial charge on any atom is 0.408 e. The molecule has 31 heteroatoms. The van der Waals surface area contributed by atoms with E-state index in [1.807, 2.05) is 66.8 Å². The number of Topliss-reactive ketones (excluding diaryl/α,β-unsaturated/α-hetero) is 2. The summed E-state index contributed by atoms with van der Waals surface area (Å²) in [4.78, 5) is 120. The van der Waals surface area contributed by atoms with Crippen LogP contribution in [0.2, 0.25) is 5.28 Å². The first kappa shape index (κ1) is 78.1. The summed E-state index contributed by atoms with van der Waals surface area (Å²) in [6.45, 7) is 10.3. The number of rotatable bonds is 12. The summed E-state index contributed by atoms with van der Waals surface area (Å²) in [5.41, 5.74) is -0.190. The Labute approximate surface area is 608 Å². The lowest BCUT2D eigenvalue weighted by Crippen LogP contribution is -2.53. The molecule has 0 bridgehead atoms. The predicted octanol–water partition coefficient (Wildman–Crippen LogP) is 8.30. The van der Waals surface area contributed by atoms with E-state index in [2.05, 4.69) is 40.3 Å². The van der Waals surface area contributed by atoms with Crippen molar-refractivity contribution < 1.29 is 74.5 Å². The monoisotopic (exact) mass is 1490 g/mol. The zero-order valence-corrected chi connectivity index (χ0v) is 63.0. The van der Waals surface area contributed by atoms with E-state index < -0.39 is 120 Å². The van der Waals surface area contributed by atoms with Gasteiger partial charge >= 0.3 is 32.6 Å². The molecule has 0 radical (unpaired) electrons. The summed E-state index contributed by atoms with van der Waals surface area (Å²) in [6.07, 6.45) is 16.0. The molecule has 4 aromatic rings. The number of allylic oxidation sites excluding steroid dienone is 4. The SMILES string of the molecule is CN(C)S(=O)(=O)NC(=O)[C@]12CC(=O)[C@@H]3C[C@@H](O)CN3C(=O)[C@@H](NC(=O)OC(C)(C)C)CCCCC/C=C\[C@@H]1C2.CN(C)S(=O)(=O)NC(=O)[C@]12CC(=O)[C@@H]3C[C@@H](Oc4nc5ccccc5n4C4CC4)CN3C(=O)[C@@H](NC(=O)OC(C)(C)C)CCCCC/C=C\[C@@H]1C2.Clc1nc2ccccc2n1C1CC1. The van der Waals surface area contributed by atoms with E-state index in [4.69, 9.17) is 30.8 Å². The Hall–Kier alpha value is -7.51. The Morgan fingerprint density at radius 1 is 0.583 bits per heavy atom. The minimum Gasteiger partial charge on any atom is -0.459 e. The van der Waals surface area contributed by atoms with Gasteiger partial charge in [-0.2, -0.15) is 30.4 Å². The number of aliphatic hydroxyl groups excluding tert-OH is 1. The van der Waals surface area contributed by atoms with Gasteiger partial charge in [0, 0.05) is 72.5 Å². The van der Waals surface area contributed by atoms with Crippen molar-refractivity contribution in [1.29, 1.82) is 0 Å². The number of halogens is 1. The van der Waals surface area contributed by atoms with Crippen LogP contribution in [0.1, 0.15) is 182 Å². The molecule has 103 heavy (non-hydrogen) atoms. The molecule has 2 aromatic heterocycles. The number of nitrogens with zero attached hydrogens (tertiary/aromatic N) is 8. The average Bonchev–Trinajstić information content (AvgIpc) is 1.58. The second kappa shape index (κ2) is 31.7. The second-order valence-electron chi connectivity index (χ2n) is 31.0. The van der Waals surface area contributed by atoms with Gasteiger partial charge in [0.15, 0.2) is 11.6 Å². The van der Waals surface area contributed by atoms with Gasteiger partial charge in [-0.15, -0.1) is 0 Å².